The van der Waals surface area contributed by atoms with Crippen molar-refractivity contribution in [2.75, 3.05) is 5.32 Å². The van der Waals surface area contributed by atoms with Gasteiger partial charge in [0.15, 0.2) is 0 Å². The van der Waals surface area contributed by atoms with E-state index in [1.165, 1.54) is 0 Å². The molecule has 0 aliphatic carbocycles. The maximum Gasteiger partial charge on any atom is 0.255 e. The van der Waals surface area contributed by atoms with E-state index in [2.05, 4.69) is 26.2 Å². The first-order valence-corrected chi connectivity index (χ1v) is 7.49. The maximum absolute atomic E-state index is 12.4. The van der Waals surface area contributed by atoms with Gasteiger partial charge in [-0.1, -0.05) is 15.9 Å². The molecule has 0 fully saturated rings. The van der Waals surface area contributed by atoms with Gasteiger partial charge in [0, 0.05) is 32.8 Å². The molecule has 0 radical (unpaired) electrons. The highest BCUT2D eigenvalue weighted by Gasteiger charge is 2.09. The Hall–Kier alpha value is -2.07. The van der Waals surface area contributed by atoms with E-state index in [4.69, 9.17) is 0 Å². The minimum absolute atomic E-state index is 0.0979. The van der Waals surface area contributed by atoms with Crippen LogP contribution in [0.25, 0.3) is 10.9 Å². The van der Waals surface area contributed by atoms with Gasteiger partial charge < -0.3 is 10.3 Å². The van der Waals surface area contributed by atoms with Gasteiger partial charge in [-0.3, -0.25) is 4.79 Å². The molecule has 0 unspecified atom stereocenters. The predicted molar refractivity (Wildman–Crippen MR) is 89.9 cm³/mol. The van der Waals surface area contributed by atoms with Crippen LogP contribution >= 0.6 is 15.9 Å². The number of anilines is 1. The highest BCUT2D eigenvalue weighted by Crippen LogP contribution is 2.25. The van der Waals surface area contributed by atoms with E-state index < -0.39 is 0 Å². The van der Waals surface area contributed by atoms with Crippen molar-refractivity contribution in [2.45, 2.75) is 13.8 Å². The molecule has 0 bridgehead atoms. The summed E-state index contributed by atoms with van der Waals surface area (Å²) in [5.74, 6) is -0.0979. The fourth-order valence-corrected chi connectivity index (χ4v) is 2.64. The number of aryl methyl sites for hydroxylation is 2. The van der Waals surface area contributed by atoms with Gasteiger partial charge in [0.05, 0.1) is 0 Å². The lowest BCUT2D eigenvalue weighted by atomic mass is 10.1. The molecule has 4 heteroatoms. The second kappa shape index (κ2) is 5.37. The van der Waals surface area contributed by atoms with Crippen molar-refractivity contribution < 1.29 is 4.79 Å². The molecule has 3 aromatic rings. The topological polar surface area (TPSA) is 44.9 Å². The summed E-state index contributed by atoms with van der Waals surface area (Å²) in [4.78, 5) is 15.5. The Labute approximate surface area is 131 Å². The molecule has 2 N–H and O–H groups in total. The number of rotatable bonds is 2. The first kappa shape index (κ1) is 13.9. The number of hydrogen-bond acceptors (Lipinski definition) is 1. The van der Waals surface area contributed by atoms with Gasteiger partial charge in [0.2, 0.25) is 0 Å². The molecule has 106 valence electrons. The van der Waals surface area contributed by atoms with Crippen LogP contribution in [-0.2, 0) is 0 Å². The van der Waals surface area contributed by atoms with E-state index in [0.717, 1.165) is 32.2 Å². The standard InChI is InChI=1S/C17H15BrN2O/c1-10-7-14(8-11(2)16(10)18)20-17(21)13-3-4-15-12(9-13)5-6-19-15/h3-9,19H,1-2H3,(H,20,21). The van der Waals surface area contributed by atoms with E-state index in [0.29, 0.717) is 5.56 Å². The molecule has 1 amide bonds. The van der Waals surface area contributed by atoms with E-state index in [9.17, 15) is 4.79 Å². The first-order valence-electron chi connectivity index (χ1n) is 6.70. The number of halogens is 1. The molecule has 3 nitrogen and oxygen atoms in total. The van der Waals surface area contributed by atoms with Gasteiger partial charge in [-0.25, -0.2) is 0 Å². The van der Waals surface area contributed by atoms with Crippen LogP contribution in [0.2, 0.25) is 0 Å². The van der Waals surface area contributed by atoms with E-state index in [1.807, 2.05) is 56.4 Å². The highest BCUT2D eigenvalue weighted by atomic mass is 79.9. The maximum atomic E-state index is 12.4. The number of benzene rings is 2. The number of aromatic amines is 1. The highest BCUT2D eigenvalue weighted by molar-refractivity contribution is 9.10. The summed E-state index contributed by atoms with van der Waals surface area (Å²) in [6, 6.07) is 11.5. The van der Waals surface area contributed by atoms with Gasteiger partial charge in [-0.15, -0.1) is 0 Å². The van der Waals surface area contributed by atoms with Gasteiger partial charge >= 0.3 is 0 Å². The van der Waals surface area contributed by atoms with E-state index in [-0.39, 0.29) is 5.91 Å². The fourth-order valence-electron chi connectivity index (χ4n) is 2.42. The third-order valence-electron chi connectivity index (χ3n) is 3.51. The molecular weight excluding hydrogens is 328 g/mol. The molecule has 0 saturated heterocycles. The fraction of sp³-hybridized carbons (Fsp3) is 0.118. The molecule has 1 heterocycles. The SMILES string of the molecule is Cc1cc(NC(=O)c2ccc3[nH]ccc3c2)cc(C)c1Br. The van der Waals surface area contributed by atoms with Crippen molar-refractivity contribution >= 4 is 38.4 Å². The average Bonchev–Trinajstić information content (AvgIpc) is 2.91. The summed E-state index contributed by atoms with van der Waals surface area (Å²) >= 11 is 3.53. The molecule has 0 atom stereocenters. The predicted octanol–water partition coefficient (Wildman–Crippen LogP) is 4.80. The molecule has 1 aromatic heterocycles. The van der Waals surface area contributed by atoms with Crippen LogP contribution in [0.4, 0.5) is 5.69 Å². The number of fused-ring (bicyclic) bond motifs is 1. The number of aromatic nitrogens is 1. The van der Waals surface area contributed by atoms with Gasteiger partial charge in [-0.05, 0) is 61.4 Å². The Bertz CT molecular complexity index is 813. The smallest absolute Gasteiger partial charge is 0.255 e. The molecule has 2 aromatic carbocycles. The first-order chi connectivity index (χ1) is 10.0. The monoisotopic (exact) mass is 342 g/mol. The summed E-state index contributed by atoms with van der Waals surface area (Å²) in [6.45, 7) is 4.02. The zero-order chi connectivity index (χ0) is 15.0. The van der Waals surface area contributed by atoms with Crippen molar-refractivity contribution in [2.24, 2.45) is 0 Å². The molecule has 0 aliphatic heterocycles. The van der Waals surface area contributed by atoms with Crippen LogP contribution in [0.3, 0.4) is 0 Å². The molecule has 3 rings (SSSR count). The van der Waals surface area contributed by atoms with Crippen LogP contribution in [0, 0.1) is 13.8 Å². The zero-order valence-electron chi connectivity index (χ0n) is 11.8. The van der Waals surface area contributed by atoms with E-state index >= 15 is 0 Å². The Morgan fingerprint density at radius 1 is 1.10 bits per heavy atom. The Morgan fingerprint density at radius 3 is 2.52 bits per heavy atom. The zero-order valence-corrected chi connectivity index (χ0v) is 13.4. The van der Waals surface area contributed by atoms with Crippen molar-refractivity contribution in [3.63, 3.8) is 0 Å². The number of hydrogen-bond donors (Lipinski definition) is 2. The lowest BCUT2D eigenvalue weighted by Crippen LogP contribution is -2.12. The minimum atomic E-state index is -0.0979. The number of carbonyl (C=O) groups is 1. The normalized spacial score (nSPS) is 10.8. The number of nitrogens with one attached hydrogen (secondary N) is 2. The quantitative estimate of drug-likeness (QED) is 0.690. The number of H-pyrrole nitrogens is 1. The lowest BCUT2D eigenvalue weighted by Gasteiger charge is -2.10. The Balaban J connectivity index is 1.88. The van der Waals surface area contributed by atoms with E-state index in [1.54, 1.807) is 0 Å². The summed E-state index contributed by atoms with van der Waals surface area (Å²) in [7, 11) is 0. The number of carbonyl (C=O) groups excluding carboxylic acids is 1. The molecule has 0 saturated carbocycles. The van der Waals surface area contributed by atoms with Crippen LogP contribution in [0.5, 0.6) is 0 Å². The molecular formula is C17H15BrN2O. The molecule has 21 heavy (non-hydrogen) atoms. The van der Waals surface area contributed by atoms with Crippen LogP contribution < -0.4 is 5.32 Å². The summed E-state index contributed by atoms with van der Waals surface area (Å²) in [5, 5.41) is 3.99. The third-order valence-corrected chi connectivity index (χ3v) is 4.76. The average molecular weight is 343 g/mol. The van der Waals surface area contributed by atoms with Crippen molar-refractivity contribution in [1.29, 1.82) is 0 Å². The number of amides is 1. The Kier molecular flexibility index (Phi) is 3.55. The second-order valence-corrected chi connectivity index (χ2v) is 5.95. The van der Waals surface area contributed by atoms with Crippen LogP contribution in [-0.4, -0.2) is 10.9 Å². The van der Waals surface area contributed by atoms with Gasteiger partial charge in [0.25, 0.3) is 5.91 Å². The van der Waals surface area contributed by atoms with Gasteiger partial charge in [-0.2, -0.15) is 0 Å². The van der Waals surface area contributed by atoms with Crippen molar-refractivity contribution in [3.8, 4) is 0 Å². The summed E-state index contributed by atoms with van der Waals surface area (Å²) in [5.41, 5.74) is 4.70. The molecule has 0 spiro atoms. The second-order valence-electron chi connectivity index (χ2n) is 5.16. The summed E-state index contributed by atoms with van der Waals surface area (Å²) in [6.07, 6.45) is 1.87. The Morgan fingerprint density at radius 2 is 1.81 bits per heavy atom. The largest absolute Gasteiger partial charge is 0.361 e. The van der Waals surface area contributed by atoms with Gasteiger partial charge in [0.1, 0.15) is 0 Å². The van der Waals surface area contributed by atoms with Crippen LogP contribution in [0.1, 0.15) is 21.5 Å². The van der Waals surface area contributed by atoms with Crippen molar-refractivity contribution in [3.05, 3.63) is 63.8 Å². The lowest BCUT2D eigenvalue weighted by molar-refractivity contribution is 0.102. The third kappa shape index (κ3) is 2.72. The van der Waals surface area contributed by atoms with Crippen molar-refractivity contribution in [1.82, 2.24) is 4.98 Å². The minimum Gasteiger partial charge on any atom is -0.361 e. The molecule has 0 aliphatic rings. The summed E-state index contributed by atoms with van der Waals surface area (Å²) < 4.78 is 1.08. The van der Waals surface area contributed by atoms with Crippen LogP contribution in [0.15, 0.2) is 47.1 Å².